The zero-order valence-electron chi connectivity index (χ0n) is 13.8. The molecule has 0 atom stereocenters. The first-order valence-corrected chi connectivity index (χ1v) is 8.42. The molecule has 0 unspecified atom stereocenters. The quantitative estimate of drug-likeness (QED) is 0.638. The number of carbonyl (C=O) groups is 1. The topological polar surface area (TPSA) is 72.4 Å². The van der Waals surface area contributed by atoms with Crippen LogP contribution in [0.2, 0.25) is 5.02 Å². The number of halogens is 1. The van der Waals surface area contributed by atoms with Crippen LogP contribution in [-0.4, -0.2) is 27.5 Å². The Balaban J connectivity index is 1.58. The maximum absolute atomic E-state index is 12.5. The number of benzene rings is 1. The third kappa shape index (κ3) is 4.28. The molecule has 1 amide bonds. The number of aromatic nitrogens is 2. The lowest BCUT2D eigenvalue weighted by Gasteiger charge is -2.21. The Kier molecular flexibility index (Phi) is 5.50. The van der Waals surface area contributed by atoms with Gasteiger partial charge in [0.25, 0.3) is 0 Å². The normalized spacial score (nSPS) is 10.8. The van der Waals surface area contributed by atoms with Crippen molar-refractivity contribution in [2.24, 2.45) is 0 Å². The fraction of sp³-hybridized carbons (Fsp3) is 0.278. The molecule has 3 aromatic rings. The van der Waals surface area contributed by atoms with Crippen molar-refractivity contribution in [1.29, 1.82) is 0 Å². The van der Waals surface area contributed by atoms with Crippen molar-refractivity contribution in [3.05, 3.63) is 59.1 Å². The van der Waals surface area contributed by atoms with Gasteiger partial charge in [0.05, 0.1) is 6.26 Å². The first-order chi connectivity index (χ1) is 12.2. The number of hydrogen-bond donors (Lipinski definition) is 0. The summed E-state index contributed by atoms with van der Waals surface area (Å²) in [5.41, 5.74) is 0.928. The van der Waals surface area contributed by atoms with Gasteiger partial charge in [0.1, 0.15) is 0 Å². The molecule has 0 aliphatic rings. The van der Waals surface area contributed by atoms with Crippen LogP contribution >= 0.6 is 11.6 Å². The molecule has 0 bridgehead atoms. The Hall–Kier alpha value is -2.60. The largest absolute Gasteiger partial charge is 0.461 e. The molecule has 2 aromatic heterocycles. The SMILES string of the molecule is CCN(Cc1ccccc1Cl)C(=O)CCc1nc(-c2ccco2)no1. The molecular weight excluding hydrogens is 342 g/mol. The van der Waals surface area contributed by atoms with E-state index in [9.17, 15) is 4.79 Å². The third-order valence-corrected chi connectivity index (χ3v) is 4.18. The van der Waals surface area contributed by atoms with Crippen LogP contribution in [-0.2, 0) is 17.8 Å². The number of hydrogen-bond acceptors (Lipinski definition) is 5. The van der Waals surface area contributed by atoms with E-state index in [-0.39, 0.29) is 12.3 Å². The zero-order valence-corrected chi connectivity index (χ0v) is 14.6. The van der Waals surface area contributed by atoms with Gasteiger partial charge in [0.2, 0.25) is 17.6 Å². The van der Waals surface area contributed by atoms with Gasteiger partial charge in [0, 0.05) is 31.0 Å². The van der Waals surface area contributed by atoms with Gasteiger partial charge in [0.15, 0.2) is 5.76 Å². The molecule has 2 heterocycles. The summed E-state index contributed by atoms with van der Waals surface area (Å²) in [6.45, 7) is 3.03. The molecule has 0 aliphatic heterocycles. The molecule has 25 heavy (non-hydrogen) atoms. The highest BCUT2D eigenvalue weighted by molar-refractivity contribution is 6.31. The van der Waals surface area contributed by atoms with Crippen molar-refractivity contribution in [2.45, 2.75) is 26.3 Å². The summed E-state index contributed by atoms with van der Waals surface area (Å²) in [6, 6.07) is 11.0. The monoisotopic (exact) mass is 359 g/mol. The van der Waals surface area contributed by atoms with Gasteiger partial charge < -0.3 is 13.8 Å². The predicted octanol–water partition coefficient (Wildman–Crippen LogP) is 3.96. The predicted molar refractivity (Wildman–Crippen MR) is 92.9 cm³/mol. The molecule has 0 saturated carbocycles. The van der Waals surface area contributed by atoms with Crippen LogP contribution in [0.3, 0.4) is 0 Å². The number of rotatable bonds is 7. The van der Waals surface area contributed by atoms with Crippen molar-refractivity contribution in [3.8, 4) is 11.6 Å². The van der Waals surface area contributed by atoms with Crippen LogP contribution in [0.25, 0.3) is 11.6 Å². The fourth-order valence-corrected chi connectivity index (χ4v) is 2.64. The average molecular weight is 360 g/mol. The van der Waals surface area contributed by atoms with Gasteiger partial charge >= 0.3 is 0 Å². The minimum atomic E-state index is 0.0140. The second-order valence-corrected chi connectivity index (χ2v) is 5.90. The number of furan rings is 1. The zero-order chi connectivity index (χ0) is 17.6. The van der Waals surface area contributed by atoms with Gasteiger partial charge in [-0.2, -0.15) is 4.98 Å². The van der Waals surface area contributed by atoms with E-state index >= 15 is 0 Å². The van der Waals surface area contributed by atoms with E-state index in [1.165, 1.54) is 0 Å². The lowest BCUT2D eigenvalue weighted by atomic mass is 10.2. The van der Waals surface area contributed by atoms with Crippen LogP contribution in [0.5, 0.6) is 0 Å². The molecule has 0 radical (unpaired) electrons. The maximum Gasteiger partial charge on any atom is 0.238 e. The van der Waals surface area contributed by atoms with Crippen LogP contribution in [0, 0.1) is 0 Å². The third-order valence-electron chi connectivity index (χ3n) is 3.82. The van der Waals surface area contributed by atoms with Gasteiger partial charge in [-0.3, -0.25) is 4.79 Å². The second-order valence-electron chi connectivity index (χ2n) is 5.49. The molecule has 7 heteroatoms. The lowest BCUT2D eigenvalue weighted by molar-refractivity contribution is -0.131. The van der Waals surface area contributed by atoms with E-state index in [0.29, 0.717) is 42.0 Å². The number of carbonyl (C=O) groups excluding carboxylic acids is 1. The molecule has 0 aliphatic carbocycles. The summed E-state index contributed by atoms with van der Waals surface area (Å²) in [4.78, 5) is 18.5. The summed E-state index contributed by atoms with van der Waals surface area (Å²) in [6.07, 6.45) is 2.21. The first kappa shape index (κ1) is 17.2. The maximum atomic E-state index is 12.5. The van der Waals surface area contributed by atoms with Crippen LogP contribution in [0.15, 0.2) is 51.6 Å². The van der Waals surface area contributed by atoms with Crippen molar-refractivity contribution in [1.82, 2.24) is 15.0 Å². The summed E-state index contributed by atoms with van der Waals surface area (Å²) in [7, 11) is 0. The summed E-state index contributed by atoms with van der Waals surface area (Å²) < 4.78 is 10.4. The van der Waals surface area contributed by atoms with Crippen molar-refractivity contribution >= 4 is 17.5 Å². The Bertz CT molecular complexity index is 830. The Morgan fingerprint density at radius 1 is 1.24 bits per heavy atom. The van der Waals surface area contributed by atoms with Gasteiger partial charge in [-0.1, -0.05) is 35.0 Å². The highest BCUT2D eigenvalue weighted by Crippen LogP contribution is 2.19. The molecule has 0 spiro atoms. The van der Waals surface area contributed by atoms with Crippen molar-refractivity contribution in [2.75, 3.05) is 6.54 Å². The average Bonchev–Trinajstić information content (AvgIpc) is 3.30. The van der Waals surface area contributed by atoms with E-state index in [1.54, 1.807) is 23.3 Å². The first-order valence-electron chi connectivity index (χ1n) is 8.05. The second kappa shape index (κ2) is 7.98. The standard InChI is InChI=1S/C18H18ClN3O3/c1-2-22(12-13-6-3-4-7-14(13)19)17(23)10-9-16-20-18(21-25-16)15-8-5-11-24-15/h3-8,11H,2,9-10,12H2,1H3. The minimum Gasteiger partial charge on any atom is -0.461 e. The van der Waals surface area contributed by atoms with E-state index in [0.717, 1.165) is 5.56 Å². The molecule has 0 fully saturated rings. The fourth-order valence-electron chi connectivity index (χ4n) is 2.44. The van der Waals surface area contributed by atoms with E-state index < -0.39 is 0 Å². The molecule has 3 rings (SSSR count). The van der Waals surface area contributed by atoms with Crippen molar-refractivity contribution in [3.63, 3.8) is 0 Å². The van der Waals surface area contributed by atoms with Gasteiger partial charge in [-0.05, 0) is 30.7 Å². The highest BCUT2D eigenvalue weighted by atomic mass is 35.5. The Labute approximate surface area is 150 Å². The van der Waals surface area contributed by atoms with Gasteiger partial charge in [-0.15, -0.1) is 0 Å². The molecule has 1 aromatic carbocycles. The molecule has 6 nitrogen and oxygen atoms in total. The van der Waals surface area contributed by atoms with Crippen LogP contribution in [0.1, 0.15) is 24.8 Å². The lowest BCUT2D eigenvalue weighted by Crippen LogP contribution is -2.30. The van der Waals surface area contributed by atoms with Gasteiger partial charge in [-0.25, -0.2) is 0 Å². The highest BCUT2D eigenvalue weighted by Gasteiger charge is 2.16. The van der Waals surface area contributed by atoms with Crippen molar-refractivity contribution < 1.29 is 13.7 Å². The Morgan fingerprint density at radius 3 is 2.80 bits per heavy atom. The van der Waals surface area contributed by atoms with Crippen LogP contribution < -0.4 is 0 Å². The summed E-state index contributed by atoms with van der Waals surface area (Å²) in [5, 5.41) is 4.52. The van der Waals surface area contributed by atoms with Crippen LogP contribution in [0.4, 0.5) is 0 Å². The molecule has 0 saturated heterocycles. The number of nitrogens with zero attached hydrogens (tertiary/aromatic N) is 3. The molecule has 0 N–H and O–H groups in total. The summed E-state index contributed by atoms with van der Waals surface area (Å²) in [5.74, 6) is 1.35. The van der Waals surface area contributed by atoms with E-state index in [4.69, 9.17) is 20.5 Å². The minimum absolute atomic E-state index is 0.0140. The Morgan fingerprint density at radius 2 is 2.08 bits per heavy atom. The number of aryl methyl sites for hydroxylation is 1. The molecular formula is C18H18ClN3O3. The summed E-state index contributed by atoms with van der Waals surface area (Å²) >= 11 is 6.17. The molecule has 130 valence electrons. The van der Waals surface area contributed by atoms with E-state index in [2.05, 4.69) is 10.1 Å². The smallest absolute Gasteiger partial charge is 0.238 e. The number of amides is 1. The van der Waals surface area contributed by atoms with E-state index in [1.807, 2.05) is 31.2 Å².